The fourth-order valence-electron chi connectivity index (χ4n) is 3.04. The van der Waals surface area contributed by atoms with Gasteiger partial charge in [-0.05, 0) is 12.5 Å². The maximum atomic E-state index is 10.9. The minimum absolute atomic E-state index is 0.644. The van der Waals surface area contributed by atoms with Gasteiger partial charge in [0, 0.05) is 51.1 Å². The van der Waals surface area contributed by atoms with Crippen molar-refractivity contribution < 1.29 is 9.84 Å². The number of benzene rings is 1. The molecule has 1 N–H and O–H groups in total. The molecule has 0 bridgehead atoms. The second-order valence-electron chi connectivity index (χ2n) is 6.33. The number of rotatable bonds is 6. The lowest BCUT2D eigenvalue weighted by Gasteiger charge is -2.36. The van der Waals surface area contributed by atoms with Crippen molar-refractivity contribution in [1.82, 2.24) is 9.88 Å². The number of ether oxygens (including phenoxy) is 1. The molecular formula is C18H24N2O2S. The van der Waals surface area contributed by atoms with E-state index in [9.17, 15) is 5.11 Å². The first-order valence-electron chi connectivity index (χ1n) is 8.10. The normalized spacial score (nSPS) is 17.5. The molecule has 0 aliphatic carbocycles. The molecule has 124 valence electrons. The zero-order valence-corrected chi connectivity index (χ0v) is 14.4. The molecule has 1 aliphatic heterocycles. The summed E-state index contributed by atoms with van der Waals surface area (Å²) < 4.78 is 5.40. The number of aryl methyl sites for hydroxylation is 1. The van der Waals surface area contributed by atoms with Gasteiger partial charge in [0.25, 0.3) is 0 Å². The first-order valence-corrected chi connectivity index (χ1v) is 8.98. The summed E-state index contributed by atoms with van der Waals surface area (Å²) in [5.41, 5.74) is 1.69. The monoisotopic (exact) mass is 332 g/mol. The number of aromatic nitrogens is 1. The lowest BCUT2D eigenvalue weighted by Crippen LogP contribution is -2.46. The lowest BCUT2D eigenvalue weighted by molar-refractivity contribution is -0.0822. The summed E-state index contributed by atoms with van der Waals surface area (Å²) in [5.74, 6) is 0. The Labute approximate surface area is 141 Å². The average Bonchev–Trinajstić information content (AvgIpc) is 2.93. The molecule has 3 rings (SSSR count). The van der Waals surface area contributed by atoms with Crippen LogP contribution in [0.25, 0.3) is 0 Å². The van der Waals surface area contributed by atoms with E-state index >= 15 is 0 Å². The van der Waals surface area contributed by atoms with E-state index in [4.69, 9.17) is 4.74 Å². The van der Waals surface area contributed by atoms with Gasteiger partial charge in [0.15, 0.2) is 0 Å². The molecule has 0 saturated carbocycles. The molecule has 0 spiro atoms. The highest BCUT2D eigenvalue weighted by atomic mass is 32.1. The van der Waals surface area contributed by atoms with Crippen LogP contribution in [0.2, 0.25) is 0 Å². The maximum absolute atomic E-state index is 10.9. The Morgan fingerprint density at radius 2 is 1.96 bits per heavy atom. The van der Waals surface area contributed by atoms with Gasteiger partial charge in [-0.3, -0.25) is 4.90 Å². The molecule has 4 nitrogen and oxygen atoms in total. The first kappa shape index (κ1) is 16.6. The van der Waals surface area contributed by atoms with Gasteiger partial charge >= 0.3 is 0 Å². The van der Waals surface area contributed by atoms with E-state index in [0.717, 1.165) is 23.8 Å². The fourth-order valence-corrected chi connectivity index (χ4v) is 3.65. The minimum Gasteiger partial charge on any atom is -0.388 e. The van der Waals surface area contributed by atoms with Crippen molar-refractivity contribution in [2.75, 3.05) is 19.8 Å². The summed E-state index contributed by atoms with van der Waals surface area (Å²) in [4.78, 5) is 6.88. The number of hydrogen-bond donors (Lipinski definition) is 1. The predicted molar refractivity (Wildman–Crippen MR) is 92.4 cm³/mol. The van der Waals surface area contributed by atoms with Crippen LogP contribution in [0.5, 0.6) is 0 Å². The van der Waals surface area contributed by atoms with Gasteiger partial charge in [-0.15, -0.1) is 11.3 Å². The minimum atomic E-state index is -0.655. The Morgan fingerprint density at radius 1 is 1.22 bits per heavy atom. The van der Waals surface area contributed by atoms with Crippen LogP contribution in [0.4, 0.5) is 0 Å². The molecule has 0 amide bonds. The molecule has 1 aliphatic rings. The molecule has 5 heteroatoms. The Balaban J connectivity index is 1.72. The highest BCUT2D eigenvalue weighted by Gasteiger charge is 2.32. The van der Waals surface area contributed by atoms with Gasteiger partial charge in [0.2, 0.25) is 0 Å². The quantitative estimate of drug-likeness (QED) is 0.883. The van der Waals surface area contributed by atoms with E-state index in [2.05, 4.69) is 39.5 Å². The molecule has 2 aromatic rings. The second-order valence-corrected chi connectivity index (χ2v) is 7.39. The molecule has 2 heterocycles. The van der Waals surface area contributed by atoms with Gasteiger partial charge < -0.3 is 9.84 Å². The molecule has 1 saturated heterocycles. The van der Waals surface area contributed by atoms with Crippen molar-refractivity contribution in [2.24, 2.45) is 0 Å². The van der Waals surface area contributed by atoms with Crippen molar-refractivity contribution in [3.8, 4) is 0 Å². The van der Waals surface area contributed by atoms with E-state index in [-0.39, 0.29) is 0 Å². The number of hydrogen-bond acceptors (Lipinski definition) is 5. The molecule has 23 heavy (non-hydrogen) atoms. The van der Waals surface area contributed by atoms with Crippen molar-refractivity contribution in [3.05, 3.63) is 52.0 Å². The van der Waals surface area contributed by atoms with Crippen molar-refractivity contribution in [1.29, 1.82) is 0 Å². The second kappa shape index (κ2) is 7.53. The summed E-state index contributed by atoms with van der Waals surface area (Å²) in [7, 11) is 0. The van der Waals surface area contributed by atoms with Crippen LogP contribution in [0.15, 0.2) is 35.7 Å². The summed E-state index contributed by atoms with van der Waals surface area (Å²) in [6.07, 6.45) is 1.41. The number of aliphatic hydroxyl groups is 1. The molecule has 1 aromatic carbocycles. The Kier molecular flexibility index (Phi) is 5.43. The van der Waals surface area contributed by atoms with Gasteiger partial charge in [0.1, 0.15) is 0 Å². The van der Waals surface area contributed by atoms with Crippen molar-refractivity contribution in [2.45, 2.75) is 38.5 Å². The summed E-state index contributed by atoms with van der Waals surface area (Å²) in [5, 5.41) is 14.1. The highest BCUT2D eigenvalue weighted by Crippen LogP contribution is 2.24. The zero-order valence-electron chi connectivity index (χ0n) is 13.6. The van der Waals surface area contributed by atoms with Gasteiger partial charge in [-0.2, -0.15) is 0 Å². The fraction of sp³-hybridized carbons (Fsp3) is 0.500. The maximum Gasteiger partial charge on any atom is 0.0897 e. The van der Waals surface area contributed by atoms with Gasteiger partial charge in [-0.25, -0.2) is 4.98 Å². The molecule has 0 atom stereocenters. The number of nitrogens with zero attached hydrogens (tertiary/aromatic N) is 2. The smallest absolute Gasteiger partial charge is 0.0897 e. The Bertz CT molecular complexity index is 608. The Morgan fingerprint density at radius 3 is 2.61 bits per heavy atom. The summed E-state index contributed by atoms with van der Waals surface area (Å²) in [6.45, 7) is 5.56. The third kappa shape index (κ3) is 4.85. The van der Waals surface area contributed by atoms with Crippen molar-refractivity contribution >= 4 is 11.3 Å². The first-order chi connectivity index (χ1) is 11.1. The van der Waals surface area contributed by atoms with E-state index in [1.165, 1.54) is 5.56 Å². The molecular weight excluding hydrogens is 308 g/mol. The van der Waals surface area contributed by atoms with Crippen LogP contribution in [-0.4, -0.2) is 40.3 Å². The summed E-state index contributed by atoms with van der Waals surface area (Å²) in [6, 6.07) is 10.4. The van der Waals surface area contributed by atoms with Crippen molar-refractivity contribution in [3.63, 3.8) is 0 Å². The standard InChI is InChI=1S/C18H24N2O2S/c1-15-19-17(13-23-15)12-20(11-16-5-3-2-4-6-16)14-18(21)7-9-22-10-8-18/h2-6,13,21H,7-12,14H2,1H3. The van der Waals surface area contributed by atoms with E-state index in [1.54, 1.807) is 11.3 Å². The molecule has 1 fully saturated rings. The molecule has 0 unspecified atom stereocenters. The Hall–Kier alpha value is -1.27. The van der Waals surface area contributed by atoms with Gasteiger partial charge in [0.05, 0.1) is 16.3 Å². The van der Waals surface area contributed by atoms with Gasteiger partial charge in [-0.1, -0.05) is 30.3 Å². The molecule has 0 radical (unpaired) electrons. The lowest BCUT2D eigenvalue weighted by atomic mass is 9.93. The highest BCUT2D eigenvalue weighted by molar-refractivity contribution is 7.09. The molecule has 1 aromatic heterocycles. The van der Waals surface area contributed by atoms with E-state index in [1.807, 2.05) is 13.0 Å². The third-order valence-electron chi connectivity index (χ3n) is 4.24. The van der Waals surface area contributed by atoms with Crippen LogP contribution < -0.4 is 0 Å². The van der Waals surface area contributed by atoms with E-state index in [0.29, 0.717) is 32.6 Å². The van der Waals surface area contributed by atoms with Crippen LogP contribution in [0, 0.1) is 6.92 Å². The van der Waals surface area contributed by atoms with Crippen LogP contribution >= 0.6 is 11.3 Å². The third-order valence-corrected chi connectivity index (χ3v) is 5.06. The SMILES string of the molecule is Cc1nc(CN(Cc2ccccc2)CC2(O)CCOCC2)cs1. The zero-order chi connectivity index (χ0) is 16.1. The van der Waals surface area contributed by atoms with Crippen LogP contribution in [-0.2, 0) is 17.8 Å². The van der Waals surface area contributed by atoms with Crippen LogP contribution in [0.3, 0.4) is 0 Å². The topological polar surface area (TPSA) is 45.6 Å². The largest absolute Gasteiger partial charge is 0.388 e. The summed E-state index contributed by atoms with van der Waals surface area (Å²) >= 11 is 1.68. The van der Waals surface area contributed by atoms with E-state index < -0.39 is 5.60 Å². The average molecular weight is 332 g/mol. The number of thiazole rings is 1. The predicted octanol–water partition coefficient (Wildman–Crippen LogP) is 3.00. The van der Waals surface area contributed by atoms with Crippen LogP contribution in [0.1, 0.15) is 29.1 Å².